The summed E-state index contributed by atoms with van der Waals surface area (Å²) in [5.74, 6) is -1.76. The number of nitrogens with one attached hydrogen (secondary N) is 2. The summed E-state index contributed by atoms with van der Waals surface area (Å²) in [6.07, 6.45) is 0.319. The number of ether oxygens (including phenoxy) is 1. The van der Waals surface area contributed by atoms with E-state index in [1.807, 2.05) is 43.3 Å². The Morgan fingerprint density at radius 2 is 1.57 bits per heavy atom. The molecule has 2 atom stereocenters. The van der Waals surface area contributed by atoms with Crippen molar-refractivity contribution in [3.8, 4) is 11.1 Å². The smallest absolute Gasteiger partial charge is 0.407 e. The fourth-order valence-electron chi connectivity index (χ4n) is 3.72. The standard InChI is InChI=1S/C23H26N2O5/c1-3-8-20(21(26)24-14(2)22(27)28)25-23(29)30-13-19-17-11-6-4-9-15(17)16-10-5-7-12-18(16)19/h4-7,9-12,14,19-20H,3,8,13H2,1-2H3,(H,24,26)(H,25,29)(H,27,28)/t14-,20?/m0/s1. The van der Waals surface area contributed by atoms with Crippen LogP contribution in [-0.4, -0.2) is 41.8 Å². The summed E-state index contributed by atoms with van der Waals surface area (Å²) in [5.41, 5.74) is 4.47. The molecule has 1 aliphatic carbocycles. The molecular formula is C23H26N2O5. The SMILES string of the molecule is CCCC(NC(=O)OCC1c2ccccc2-c2ccccc21)C(=O)N[C@@H](C)C(=O)O. The zero-order valence-electron chi connectivity index (χ0n) is 17.1. The third kappa shape index (κ3) is 4.62. The van der Waals surface area contributed by atoms with Crippen LogP contribution in [0.25, 0.3) is 11.1 Å². The molecule has 1 aliphatic rings. The van der Waals surface area contributed by atoms with Gasteiger partial charge in [0.15, 0.2) is 0 Å². The molecule has 0 aromatic heterocycles. The van der Waals surface area contributed by atoms with Gasteiger partial charge in [0.25, 0.3) is 0 Å². The van der Waals surface area contributed by atoms with Gasteiger partial charge >= 0.3 is 12.1 Å². The van der Waals surface area contributed by atoms with Crippen molar-refractivity contribution >= 4 is 18.0 Å². The van der Waals surface area contributed by atoms with Gasteiger partial charge in [-0.1, -0.05) is 61.9 Å². The van der Waals surface area contributed by atoms with Crippen molar-refractivity contribution in [3.05, 3.63) is 59.7 Å². The molecule has 0 aliphatic heterocycles. The monoisotopic (exact) mass is 410 g/mol. The fourth-order valence-corrected chi connectivity index (χ4v) is 3.72. The normalized spacial score (nSPS) is 14.2. The Balaban J connectivity index is 1.65. The zero-order chi connectivity index (χ0) is 21.7. The largest absolute Gasteiger partial charge is 0.480 e. The number of hydrogen-bond donors (Lipinski definition) is 3. The van der Waals surface area contributed by atoms with Crippen molar-refractivity contribution in [2.24, 2.45) is 0 Å². The van der Waals surface area contributed by atoms with E-state index in [0.717, 1.165) is 22.3 Å². The van der Waals surface area contributed by atoms with Crippen LogP contribution in [0.5, 0.6) is 0 Å². The molecule has 3 N–H and O–H groups in total. The molecule has 0 fully saturated rings. The minimum atomic E-state index is -1.14. The first-order valence-electron chi connectivity index (χ1n) is 10.1. The summed E-state index contributed by atoms with van der Waals surface area (Å²) in [7, 11) is 0. The number of hydrogen-bond acceptors (Lipinski definition) is 4. The van der Waals surface area contributed by atoms with Crippen LogP contribution in [-0.2, 0) is 14.3 Å². The molecular weight excluding hydrogens is 384 g/mol. The Morgan fingerprint density at radius 1 is 1.00 bits per heavy atom. The third-order valence-electron chi connectivity index (χ3n) is 5.26. The van der Waals surface area contributed by atoms with Crippen molar-refractivity contribution in [1.82, 2.24) is 10.6 Å². The van der Waals surface area contributed by atoms with Gasteiger partial charge in [0, 0.05) is 5.92 Å². The van der Waals surface area contributed by atoms with E-state index in [0.29, 0.717) is 12.8 Å². The highest BCUT2D eigenvalue weighted by Gasteiger charge is 2.30. The average molecular weight is 410 g/mol. The summed E-state index contributed by atoms with van der Waals surface area (Å²) in [6, 6.07) is 14.2. The van der Waals surface area contributed by atoms with E-state index in [1.165, 1.54) is 6.92 Å². The van der Waals surface area contributed by atoms with E-state index >= 15 is 0 Å². The Kier molecular flexibility index (Phi) is 6.72. The molecule has 0 bridgehead atoms. The number of carboxylic acid groups (broad SMARTS) is 1. The lowest BCUT2D eigenvalue weighted by atomic mass is 9.98. The maximum absolute atomic E-state index is 12.4. The van der Waals surface area contributed by atoms with Crippen LogP contribution in [0.3, 0.4) is 0 Å². The summed E-state index contributed by atoms with van der Waals surface area (Å²) < 4.78 is 5.47. The molecule has 3 rings (SSSR count). The second-order valence-electron chi connectivity index (χ2n) is 7.38. The molecule has 2 amide bonds. The number of rotatable bonds is 8. The summed E-state index contributed by atoms with van der Waals surface area (Å²) in [5, 5.41) is 13.9. The van der Waals surface area contributed by atoms with Crippen LogP contribution in [0.15, 0.2) is 48.5 Å². The van der Waals surface area contributed by atoms with E-state index < -0.39 is 30.1 Å². The second-order valence-corrected chi connectivity index (χ2v) is 7.38. The second kappa shape index (κ2) is 9.43. The highest BCUT2D eigenvalue weighted by molar-refractivity contribution is 5.89. The zero-order valence-corrected chi connectivity index (χ0v) is 17.1. The van der Waals surface area contributed by atoms with E-state index in [1.54, 1.807) is 0 Å². The van der Waals surface area contributed by atoms with Crippen molar-refractivity contribution in [3.63, 3.8) is 0 Å². The number of alkyl carbamates (subject to hydrolysis) is 1. The summed E-state index contributed by atoms with van der Waals surface area (Å²) in [4.78, 5) is 35.7. The van der Waals surface area contributed by atoms with Gasteiger partial charge in [-0.3, -0.25) is 9.59 Å². The van der Waals surface area contributed by atoms with Crippen LogP contribution in [0.2, 0.25) is 0 Å². The highest BCUT2D eigenvalue weighted by atomic mass is 16.5. The number of carboxylic acids is 1. The Labute approximate surface area is 175 Å². The first kappa shape index (κ1) is 21.4. The predicted octanol–water partition coefficient (Wildman–Crippen LogP) is 3.28. The maximum atomic E-state index is 12.4. The molecule has 0 saturated heterocycles. The van der Waals surface area contributed by atoms with Gasteiger partial charge < -0.3 is 20.5 Å². The van der Waals surface area contributed by atoms with Gasteiger partial charge in [-0.05, 0) is 35.6 Å². The Morgan fingerprint density at radius 3 is 2.10 bits per heavy atom. The Hall–Kier alpha value is -3.35. The molecule has 2 aromatic rings. The molecule has 30 heavy (non-hydrogen) atoms. The first-order chi connectivity index (χ1) is 14.4. The van der Waals surface area contributed by atoms with Gasteiger partial charge in [0.05, 0.1) is 0 Å². The molecule has 1 unspecified atom stereocenters. The predicted molar refractivity (Wildman–Crippen MR) is 112 cm³/mol. The number of aliphatic carboxylic acids is 1. The molecule has 158 valence electrons. The number of carbonyl (C=O) groups excluding carboxylic acids is 2. The van der Waals surface area contributed by atoms with E-state index in [-0.39, 0.29) is 12.5 Å². The van der Waals surface area contributed by atoms with Crippen LogP contribution in [0, 0.1) is 0 Å². The van der Waals surface area contributed by atoms with E-state index in [4.69, 9.17) is 9.84 Å². The average Bonchev–Trinajstić information content (AvgIpc) is 3.05. The van der Waals surface area contributed by atoms with Gasteiger partial charge in [-0.2, -0.15) is 0 Å². The first-order valence-corrected chi connectivity index (χ1v) is 10.1. The third-order valence-corrected chi connectivity index (χ3v) is 5.26. The van der Waals surface area contributed by atoms with E-state index in [2.05, 4.69) is 22.8 Å². The molecule has 7 heteroatoms. The van der Waals surface area contributed by atoms with Crippen LogP contribution in [0.4, 0.5) is 4.79 Å². The van der Waals surface area contributed by atoms with Crippen molar-refractivity contribution in [2.75, 3.05) is 6.61 Å². The van der Waals surface area contributed by atoms with Gasteiger partial charge in [0.1, 0.15) is 18.7 Å². The molecule has 7 nitrogen and oxygen atoms in total. The lowest BCUT2D eigenvalue weighted by molar-refractivity contribution is -0.141. The summed E-state index contributed by atoms with van der Waals surface area (Å²) >= 11 is 0. The molecule has 0 saturated carbocycles. The van der Waals surface area contributed by atoms with Crippen LogP contribution < -0.4 is 10.6 Å². The van der Waals surface area contributed by atoms with Crippen molar-refractivity contribution in [2.45, 2.75) is 44.7 Å². The maximum Gasteiger partial charge on any atom is 0.407 e. The minimum absolute atomic E-state index is 0.0753. The number of carbonyl (C=O) groups is 3. The fraction of sp³-hybridized carbons (Fsp3) is 0.348. The molecule has 0 radical (unpaired) electrons. The van der Waals surface area contributed by atoms with Crippen molar-refractivity contribution < 1.29 is 24.2 Å². The highest BCUT2D eigenvalue weighted by Crippen LogP contribution is 2.44. The van der Waals surface area contributed by atoms with Gasteiger partial charge in [-0.25, -0.2) is 4.79 Å². The molecule has 0 heterocycles. The lowest BCUT2D eigenvalue weighted by Gasteiger charge is -2.20. The molecule has 0 spiro atoms. The van der Waals surface area contributed by atoms with Gasteiger partial charge in [0.2, 0.25) is 5.91 Å². The molecule has 2 aromatic carbocycles. The Bertz CT molecular complexity index is 897. The van der Waals surface area contributed by atoms with Crippen LogP contribution >= 0.6 is 0 Å². The van der Waals surface area contributed by atoms with Crippen molar-refractivity contribution in [1.29, 1.82) is 0 Å². The minimum Gasteiger partial charge on any atom is -0.480 e. The number of fused-ring (bicyclic) bond motifs is 3. The van der Waals surface area contributed by atoms with Crippen LogP contribution in [0.1, 0.15) is 43.7 Å². The lowest BCUT2D eigenvalue weighted by Crippen LogP contribution is -2.50. The quantitative estimate of drug-likeness (QED) is 0.619. The number of amides is 2. The number of benzene rings is 2. The topological polar surface area (TPSA) is 105 Å². The van der Waals surface area contributed by atoms with Gasteiger partial charge in [-0.15, -0.1) is 0 Å². The van der Waals surface area contributed by atoms with E-state index in [9.17, 15) is 14.4 Å². The summed E-state index contributed by atoms with van der Waals surface area (Å²) in [6.45, 7) is 3.39.